The quantitative estimate of drug-likeness (QED) is 0.830. The number of halogens is 2. The summed E-state index contributed by atoms with van der Waals surface area (Å²) >= 11 is 9.43. The van der Waals surface area contributed by atoms with Crippen LogP contribution in [0.1, 0.15) is 17.3 Å². The summed E-state index contributed by atoms with van der Waals surface area (Å²) < 4.78 is 0.869. The van der Waals surface area contributed by atoms with Crippen LogP contribution in [0.2, 0.25) is 5.02 Å². The lowest BCUT2D eigenvalue weighted by Crippen LogP contribution is -2.15. The number of para-hydroxylation sites is 1. The molecule has 3 nitrogen and oxygen atoms in total. The summed E-state index contributed by atoms with van der Waals surface area (Å²) in [5, 5.41) is 6.48. The first-order valence-corrected chi connectivity index (χ1v) is 7.38. The van der Waals surface area contributed by atoms with Crippen molar-refractivity contribution in [2.24, 2.45) is 0 Å². The van der Waals surface area contributed by atoms with Gasteiger partial charge in [0.1, 0.15) is 0 Å². The zero-order chi connectivity index (χ0) is 14.5. The predicted molar refractivity (Wildman–Crippen MR) is 87.7 cm³/mol. The second-order valence-electron chi connectivity index (χ2n) is 4.15. The van der Waals surface area contributed by atoms with Gasteiger partial charge in [0, 0.05) is 16.7 Å². The van der Waals surface area contributed by atoms with Gasteiger partial charge in [-0.3, -0.25) is 4.79 Å². The van der Waals surface area contributed by atoms with Gasteiger partial charge in [-0.15, -0.1) is 0 Å². The van der Waals surface area contributed by atoms with Crippen molar-refractivity contribution in [1.29, 1.82) is 0 Å². The van der Waals surface area contributed by atoms with Crippen LogP contribution in [0.5, 0.6) is 0 Å². The van der Waals surface area contributed by atoms with Gasteiger partial charge in [0.05, 0.1) is 16.3 Å². The summed E-state index contributed by atoms with van der Waals surface area (Å²) in [4.78, 5) is 12.3. The smallest absolute Gasteiger partial charge is 0.257 e. The molecule has 2 N–H and O–H groups in total. The van der Waals surface area contributed by atoms with E-state index in [-0.39, 0.29) is 5.91 Å². The zero-order valence-electron chi connectivity index (χ0n) is 10.9. The first-order valence-electron chi connectivity index (χ1n) is 6.21. The van der Waals surface area contributed by atoms with E-state index in [4.69, 9.17) is 11.6 Å². The zero-order valence-corrected chi connectivity index (χ0v) is 13.3. The van der Waals surface area contributed by atoms with Crippen molar-refractivity contribution in [3.63, 3.8) is 0 Å². The molecule has 0 spiro atoms. The molecular weight excluding hydrogens is 340 g/mol. The van der Waals surface area contributed by atoms with Gasteiger partial charge in [0.2, 0.25) is 0 Å². The van der Waals surface area contributed by atoms with Crippen LogP contribution >= 0.6 is 27.5 Å². The maximum atomic E-state index is 12.3. The van der Waals surface area contributed by atoms with Gasteiger partial charge in [-0.2, -0.15) is 0 Å². The molecule has 2 aromatic rings. The molecule has 0 atom stereocenters. The predicted octanol–water partition coefficient (Wildman–Crippen LogP) is 4.79. The minimum Gasteiger partial charge on any atom is -0.385 e. The Morgan fingerprint density at radius 2 is 1.95 bits per heavy atom. The molecule has 104 valence electrons. The molecule has 2 rings (SSSR count). The molecule has 0 saturated heterocycles. The number of nitrogens with one attached hydrogen (secondary N) is 2. The summed E-state index contributed by atoms with van der Waals surface area (Å²) in [6.07, 6.45) is 0. The maximum Gasteiger partial charge on any atom is 0.257 e. The highest BCUT2D eigenvalue weighted by Crippen LogP contribution is 2.26. The van der Waals surface area contributed by atoms with Crippen LogP contribution in [-0.2, 0) is 0 Å². The molecule has 2 aromatic carbocycles. The van der Waals surface area contributed by atoms with Crippen LogP contribution in [-0.4, -0.2) is 12.5 Å². The number of carbonyl (C=O) groups is 1. The topological polar surface area (TPSA) is 41.1 Å². The Labute approximate surface area is 131 Å². The monoisotopic (exact) mass is 352 g/mol. The fourth-order valence-corrected chi connectivity index (χ4v) is 2.53. The number of benzene rings is 2. The van der Waals surface area contributed by atoms with Crippen LogP contribution in [0.15, 0.2) is 46.9 Å². The molecule has 0 aliphatic rings. The van der Waals surface area contributed by atoms with Crippen molar-refractivity contribution in [2.75, 3.05) is 17.2 Å². The molecule has 0 radical (unpaired) electrons. The maximum absolute atomic E-state index is 12.3. The first-order chi connectivity index (χ1) is 9.61. The van der Waals surface area contributed by atoms with E-state index in [0.717, 1.165) is 16.7 Å². The molecule has 0 aliphatic carbocycles. The Balaban J connectivity index is 2.24. The van der Waals surface area contributed by atoms with E-state index < -0.39 is 0 Å². The number of hydrogen-bond acceptors (Lipinski definition) is 2. The average Bonchev–Trinajstić information content (AvgIpc) is 2.43. The van der Waals surface area contributed by atoms with Crippen molar-refractivity contribution < 1.29 is 4.79 Å². The highest BCUT2D eigenvalue weighted by molar-refractivity contribution is 9.10. The number of hydrogen-bond donors (Lipinski definition) is 2. The van der Waals surface area contributed by atoms with Gasteiger partial charge >= 0.3 is 0 Å². The van der Waals surface area contributed by atoms with Crippen LogP contribution in [0.4, 0.5) is 11.4 Å². The highest BCUT2D eigenvalue weighted by atomic mass is 79.9. The number of anilines is 2. The molecule has 0 bridgehead atoms. The van der Waals surface area contributed by atoms with Crippen LogP contribution in [0, 0.1) is 0 Å². The van der Waals surface area contributed by atoms with E-state index in [1.54, 1.807) is 18.2 Å². The number of amides is 1. The molecule has 0 unspecified atom stereocenters. The SMILES string of the molecule is CCNc1ccccc1C(=O)Nc1ccc(Br)cc1Cl. The fourth-order valence-electron chi connectivity index (χ4n) is 1.81. The third-order valence-corrected chi connectivity index (χ3v) is 3.52. The minimum absolute atomic E-state index is 0.189. The van der Waals surface area contributed by atoms with Gasteiger partial charge in [0.25, 0.3) is 5.91 Å². The van der Waals surface area contributed by atoms with Crippen molar-refractivity contribution >= 4 is 44.8 Å². The molecule has 1 amide bonds. The molecule has 5 heteroatoms. The molecule has 0 aromatic heterocycles. The van der Waals surface area contributed by atoms with Crippen LogP contribution < -0.4 is 10.6 Å². The molecule has 0 fully saturated rings. The molecule has 20 heavy (non-hydrogen) atoms. The third-order valence-electron chi connectivity index (χ3n) is 2.72. The number of rotatable bonds is 4. The molecular formula is C15H14BrClN2O. The highest BCUT2D eigenvalue weighted by Gasteiger charge is 2.12. The average molecular weight is 354 g/mol. The lowest BCUT2D eigenvalue weighted by molar-refractivity contribution is 0.102. The first kappa shape index (κ1) is 14.9. The summed E-state index contributed by atoms with van der Waals surface area (Å²) in [7, 11) is 0. The van der Waals surface area contributed by atoms with E-state index in [9.17, 15) is 4.79 Å². The number of carbonyl (C=O) groups excluding carboxylic acids is 1. The minimum atomic E-state index is -0.189. The van der Waals surface area contributed by atoms with Crippen molar-refractivity contribution in [3.8, 4) is 0 Å². The van der Waals surface area contributed by atoms with Gasteiger partial charge in [0.15, 0.2) is 0 Å². The standard InChI is InChI=1S/C15H14BrClN2O/c1-2-18-13-6-4-3-5-11(13)15(20)19-14-8-7-10(16)9-12(14)17/h3-9,18H,2H2,1H3,(H,19,20). The lowest BCUT2D eigenvalue weighted by atomic mass is 10.1. The Morgan fingerprint density at radius 1 is 1.20 bits per heavy atom. The second-order valence-corrected chi connectivity index (χ2v) is 5.48. The Morgan fingerprint density at radius 3 is 2.65 bits per heavy atom. The van der Waals surface area contributed by atoms with Crippen LogP contribution in [0.25, 0.3) is 0 Å². The summed E-state index contributed by atoms with van der Waals surface area (Å²) in [6.45, 7) is 2.74. The normalized spacial score (nSPS) is 10.2. The molecule has 0 saturated carbocycles. The van der Waals surface area contributed by atoms with Crippen molar-refractivity contribution in [2.45, 2.75) is 6.92 Å². The Kier molecular flexibility index (Phi) is 5.04. The van der Waals surface area contributed by atoms with Crippen molar-refractivity contribution in [1.82, 2.24) is 0 Å². The summed E-state index contributed by atoms with van der Waals surface area (Å²) in [6, 6.07) is 12.7. The molecule has 0 aliphatic heterocycles. The van der Waals surface area contributed by atoms with Gasteiger partial charge in [-0.25, -0.2) is 0 Å². The van der Waals surface area contributed by atoms with Gasteiger partial charge in [-0.1, -0.05) is 39.7 Å². The summed E-state index contributed by atoms with van der Waals surface area (Å²) in [5.74, 6) is -0.189. The molecule has 0 heterocycles. The third kappa shape index (κ3) is 3.52. The van der Waals surface area contributed by atoms with E-state index in [1.165, 1.54) is 0 Å². The van der Waals surface area contributed by atoms with E-state index in [0.29, 0.717) is 16.3 Å². The summed E-state index contributed by atoms with van der Waals surface area (Å²) in [5.41, 5.74) is 1.99. The van der Waals surface area contributed by atoms with Crippen molar-refractivity contribution in [3.05, 3.63) is 57.5 Å². The lowest BCUT2D eigenvalue weighted by Gasteiger charge is -2.12. The Bertz CT molecular complexity index is 631. The largest absolute Gasteiger partial charge is 0.385 e. The van der Waals surface area contributed by atoms with Crippen LogP contribution in [0.3, 0.4) is 0 Å². The Hall–Kier alpha value is -1.52. The second kappa shape index (κ2) is 6.77. The van der Waals surface area contributed by atoms with E-state index in [1.807, 2.05) is 31.2 Å². The van der Waals surface area contributed by atoms with E-state index in [2.05, 4.69) is 26.6 Å². The van der Waals surface area contributed by atoms with Gasteiger partial charge < -0.3 is 10.6 Å². The fraction of sp³-hybridized carbons (Fsp3) is 0.133. The van der Waals surface area contributed by atoms with Gasteiger partial charge in [-0.05, 0) is 37.3 Å². The van der Waals surface area contributed by atoms with E-state index >= 15 is 0 Å².